The van der Waals surface area contributed by atoms with Gasteiger partial charge in [0, 0.05) is 17.9 Å². The summed E-state index contributed by atoms with van der Waals surface area (Å²) in [6.07, 6.45) is 0.736. The van der Waals surface area contributed by atoms with E-state index in [1.807, 2.05) is 67.2 Å². The number of fused-ring (bicyclic) bond motifs is 1. The van der Waals surface area contributed by atoms with Crippen molar-refractivity contribution in [2.45, 2.75) is 19.4 Å². The van der Waals surface area contributed by atoms with Gasteiger partial charge in [-0.15, -0.1) is 0 Å². The Labute approximate surface area is 224 Å². The van der Waals surface area contributed by atoms with Gasteiger partial charge in [-0.25, -0.2) is 0 Å². The minimum Gasteiger partial charge on any atom is -0.481 e. The fourth-order valence-electron chi connectivity index (χ4n) is 4.54. The average molecular weight is 533 g/mol. The van der Waals surface area contributed by atoms with Crippen molar-refractivity contribution in [2.24, 2.45) is 5.92 Å². The lowest BCUT2D eigenvalue weighted by Crippen LogP contribution is -2.31. The summed E-state index contributed by atoms with van der Waals surface area (Å²) in [5.74, 6) is -0.171. The van der Waals surface area contributed by atoms with Crippen molar-refractivity contribution in [3.05, 3.63) is 100 Å². The van der Waals surface area contributed by atoms with E-state index < -0.39 is 5.97 Å². The largest absolute Gasteiger partial charge is 0.481 e. The summed E-state index contributed by atoms with van der Waals surface area (Å²) in [6.45, 7) is 2.98. The van der Waals surface area contributed by atoms with E-state index in [0.717, 1.165) is 28.2 Å². The van der Waals surface area contributed by atoms with Crippen LogP contribution in [0.1, 0.15) is 17.5 Å². The number of aliphatic carboxylic acids is 1. The van der Waals surface area contributed by atoms with Gasteiger partial charge in [-0.1, -0.05) is 36.4 Å². The highest BCUT2D eigenvalue weighted by Gasteiger charge is 2.27. The van der Waals surface area contributed by atoms with E-state index in [4.69, 9.17) is 29.2 Å². The third-order valence-corrected chi connectivity index (χ3v) is 6.74. The minimum absolute atomic E-state index is 0.0860. The summed E-state index contributed by atoms with van der Waals surface area (Å²) in [5, 5.41) is 18.3. The second-order valence-electron chi connectivity index (χ2n) is 8.83. The molecule has 2 heterocycles. The van der Waals surface area contributed by atoms with Crippen molar-refractivity contribution in [1.82, 2.24) is 14.8 Å². The smallest absolute Gasteiger partial charge is 0.303 e. The Hall–Kier alpha value is -3.89. The first-order valence-electron chi connectivity index (χ1n) is 11.8. The zero-order chi connectivity index (χ0) is 25.8. The number of nitrogens with one attached hydrogen (secondary N) is 3. The Morgan fingerprint density at radius 3 is 2.57 bits per heavy atom. The van der Waals surface area contributed by atoms with Gasteiger partial charge in [0.05, 0.1) is 18.7 Å². The molecule has 10 heteroatoms. The van der Waals surface area contributed by atoms with E-state index in [1.165, 1.54) is 0 Å². The van der Waals surface area contributed by atoms with Crippen LogP contribution < -0.4 is 15.0 Å². The van der Waals surface area contributed by atoms with Crippen molar-refractivity contribution in [1.29, 1.82) is 0 Å². The van der Waals surface area contributed by atoms with Gasteiger partial charge >= 0.3 is 5.97 Å². The first kappa shape index (κ1) is 24.8. The molecule has 1 radical (unpaired) electrons. The molecule has 3 aromatic carbocycles. The summed E-state index contributed by atoms with van der Waals surface area (Å²) in [4.78, 5) is 13.6. The Kier molecular flexibility index (Phi) is 7.38. The van der Waals surface area contributed by atoms with Crippen LogP contribution in [0, 0.1) is 22.0 Å². The standard InChI is InChI=1S/C27H26N5O3S2/c33-25(34)12-19-11-20-13-23(9-10-24(20)31(16-19)15-18-5-2-1-3-6-18)35-17-28-21-7-4-8-22(14-21)32-26(36)29-30-27(32)37/h1-10,13-14,16,19,28H,11-12,15,17H2,(H,29,36)(H,30,37)(H,33,34). The second kappa shape index (κ2) is 11.0. The zero-order valence-corrected chi connectivity index (χ0v) is 21.5. The summed E-state index contributed by atoms with van der Waals surface area (Å²) < 4.78 is 8.74. The van der Waals surface area contributed by atoms with E-state index in [0.29, 0.717) is 28.3 Å². The van der Waals surface area contributed by atoms with Gasteiger partial charge < -0.3 is 20.1 Å². The number of rotatable bonds is 9. The molecule has 0 aliphatic carbocycles. The number of ether oxygens (including phenoxy) is 1. The van der Waals surface area contributed by atoms with Crippen LogP contribution in [-0.4, -0.2) is 32.6 Å². The molecular weight excluding hydrogens is 506 g/mol. The lowest BCUT2D eigenvalue weighted by molar-refractivity contribution is -0.137. The fraction of sp³-hybridized carbons (Fsp3) is 0.185. The molecule has 5 rings (SSSR count). The van der Waals surface area contributed by atoms with Crippen LogP contribution >= 0.6 is 24.4 Å². The zero-order valence-electron chi connectivity index (χ0n) is 19.9. The van der Waals surface area contributed by atoms with Gasteiger partial charge in [0.15, 0.2) is 16.3 Å². The predicted molar refractivity (Wildman–Crippen MR) is 148 cm³/mol. The highest BCUT2D eigenvalue weighted by molar-refractivity contribution is 7.72. The molecule has 37 heavy (non-hydrogen) atoms. The van der Waals surface area contributed by atoms with Gasteiger partial charge in [-0.2, -0.15) is 0 Å². The van der Waals surface area contributed by atoms with E-state index in [9.17, 15) is 9.90 Å². The number of aromatic nitrogens is 3. The molecule has 4 N–H and O–H groups in total. The molecule has 1 aromatic heterocycles. The SMILES string of the molecule is O=C(O)CC1[CH]N(Cc2ccccc2)c2ccc(OCNc3cccc(-n4c(=S)[nH][nH]c4=S)c3)cc2C1. The molecule has 189 valence electrons. The van der Waals surface area contributed by atoms with Gasteiger partial charge in [-0.3, -0.25) is 19.6 Å². The number of carboxylic acids is 1. The number of anilines is 2. The highest BCUT2D eigenvalue weighted by Crippen LogP contribution is 2.36. The van der Waals surface area contributed by atoms with Crippen LogP contribution in [0.2, 0.25) is 0 Å². The molecule has 1 aliphatic heterocycles. The molecule has 1 aliphatic rings. The first-order valence-corrected chi connectivity index (χ1v) is 12.6. The normalized spacial score (nSPS) is 14.7. The molecule has 0 amide bonds. The Morgan fingerprint density at radius 1 is 1.03 bits per heavy atom. The second-order valence-corrected chi connectivity index (χ2v) is 9.60. The lowest BCUT2D eigenvalue weighted by atomic mass is 9.89. The Morgan fingerprint density at radius 2 is 1.81 bits per heavy atom. The highest BCUT2D eigenvalue weighted by atomic mass is 32.1. The molecule has 1 atom stereocenters. The van der Waals surface area contributed by atoms with E-state index in [2.05, 4.69) is 32.5 Å². The third kappa shape index (κ3) is 5.92. The number of aromatic amines is 2. The molecule has 0 saturated carbocycles. The number of nitrogens with zero attached hydrogens (tertiary/aromatic N) is 2. The lowest BCUT2D eigenvalue weighted by Gasteiger charge is -2.35. The third-order valence-electron chi connectivity index (χ3n) is 6.17. The van der Waals surface area contributed by atoms with Gasteiger partial charge in [0.25, 0.3) is 0 Å². The molecule has 0 spiro atoms. The molecule has 4 aromatic rings. The maximum atomic E-state index is 11.4. The van der Waals surface area contributed by atoms with Crippen LogP contribution in [0.4, 0.5) is 11.4 Å². The number of benzene rings is 3. The van der Waals surface area contributed by atoms with E-state index in [1.54, 1.807) is 4.57 Å². The Balaban J connectivity index is 1.29. The molecular formula is C27H26N5O3S2. The van der Waals surface area contributed by atoms with Crippen molar-refractivity contribution < 1.29 is 14.6 Å². The average Bonchev–Trinajstić information content (AvgIpc) is 3.22. The van der Waals surface area contributed by atoms with Crippen molar-refractivity contribution >= 4 is 41.8 Å². The topological polar surface area (TPSA) is 98.3 Å². The Bertz CT molecular complexity index is 1480. The predicted octanol–water partition coefficient (Wildman–Crippen LogP) is 5.86. The van der Waals surface area contributed by atoms with Crippen LogP contribution in [-0.2, 0) is 17.8 Å². The number of carbonyl (C=O) groups is 1. The summed E-state index contributed by atoms with van der Waals surface area (Å²) in [7, 11) is 0. The van der Waals surface area contributed by atoms with Gasteiger partial charge in [0.1, 0.15) is 5.75 Å². The number of hydrogen-bond donors (Lipinski definition) is 4. The maximum absolute atomic E-state index is 11.4. The molecule has 8 nitrogen and oxygen atoms in total. The fourth-order valence-corrected chi connectivity index (χ4v) is 5.09. The molecule has 0 bridgehead atoms. The first-order chi connectivity index (χ1) is 18.0. The van der Waals surface area contributed by atoms with Gasteiger partial charge in [-0.05, 0) is 84.3 Å². The van der Waals surface area contributed by atoms with Crippen molar-refractivity contribution in [3.63, 3.8) is 0 Å². The molecule has 1 unspecified atom stereocenters. The van der Waals surface area contributed by atoms with Crippen LogP contribution in [0.15, 0.2) is 72.8 Å². The number of H-pyrrole nitrogens is 2. The van der Waals surface area contributed by atoms with E-state index in [-0.39, 0.29) is 19.1 Å². The summed E-state index contributed by atoms with van der Waals surface area (Å²) >= 11 is 10.6. The summed E-state index contributed by atoms with van der Waals surface area (Å²) in [5.41, 5.74) is 5.00. The van der Waals surface area contributed by atoms with Crippen molar-refractivity contribution in [3.8, 4) is 11.4 Å². The molecule has 0 saturated heterocycles. The van der Waals surface area contributed by atoms with Crippen LogP contribution in [0.3, 0.4) is 0 Å². The quantitative estimate of drug-likeness (QED) is 0.158. The number of carboxylic acid groups (broad SMARTS) is 1. The van der Waals surface area contributed by atoms with Gasteiger partial charge in [0.2, 0.25) is 0 Å². The van der Waals surface area contributed by atoms with Crippen LogP contribution in [0.5, 0.6) is 5.75 Å². The monoisotopic (exact) mass is 532 g/mol. The summed E-state index contributed by atoms with van der Waals surface area (Å²) in [6, 6.07) is 23.9. The van der Waals surface area contributed by atoms with E-state index >= 15 is 0 Å². The number of hydrogen-bond acceptors (Lipinski definition) is 6. The maximum Gasteiger partial charge on any atom is 0.303 e. The van der Waals surface area contributed by atoms with Crippen LogP contribution in [0.25, 0.3) is 5.69 Å². The minimum atomic E-state index is -0.801. The van der Waals surface area contributed by atoms with Crippen molar-refractivity contribution in [2.75, 3.05) is 16.9 Å². The molecule has 0 fully saturated rings.